The Bertz CT molecular complexity index is 1800. The molecule has 0 aliphatic rings. The zero-order valence-corrected chi connectivity index (χ0v) is 27.0. The SMILES string of the molecule is CC(=O)O.Cc1ccccc1C(=O)c1ccc(N(c2ccccc2)c2ccc(C(=O)C(=N)CCSc3ccc(Cl)cc3)cc2)cc1. The number of anilines is 3. The number of hydrogen-bond acceptors (Lipinski definition) is 6. The minimum Gasteiger partial charge on any atom is -0.481 e. The highest BCUT2D eigenvalue weighted by atomic mass is 35.5. The van der Waals surface area contributed by atoms with Crippen molar-refractivity contribution in [3.63, 3.8) is 0 Å². The summed E-state index contributed by atoms with van der Waals surface area (Å²) in [5.74, 6) is -0.486. The third kappa shape index (κ3) is 9.27. The molecule has 0 unspecified atom stereocenters. The second kappa shape index (κ2) is 16.4. The lowest BCUT2D eigenvalue weighted by molar-refractivity contribution is -0.134. The Morgan fingerprint density at radius 1 is 0.717 bits per heavy atom. The van der Waals surface area contributed by atoms with Gasteiger partial charge < -0.3 is 15.4 Å². The van der Waals surface area contributed by atoms with Gasteiger partial charge in [0.2, 0.25) is 5.78 Å². The molecule has 5 rings (SSSR count). The van der Waals surface area contributed by atoms with Gasteiger partial charge in [-0.25, -0.2) is 0 Å². The zero-order valence-electron chi connectivity index (χ0n) is 25.4. The first-order valence-electron chi connectivity index (χ1n) is 14.5. The molecule has 0 fully saturated rings. The number of carboxylic acids is 1. The molecule has 6 nitrogen and oxygen atoms in total. The lowest BCUT2D eigenvalue weighted by Crippen LogP contribution is -2.15. The van der Waals surface area contributed by atoms with Crippen molar-refractivity contribution >= 4 is 63.7 Å². The average molecular weight is 649 g/mol. The molecule has 0 atom stereocenters. The van der Waals surface area contributed by atoms with Crippen LogP contribution in [0.5, 0.6) is 0 Å². The molecule has 0 heterocycles. The standard InChI is InChI=1S/C36H29ClN2O2S.C2H4O2/c1-25-7-5-6-10-33(25)35(40)26-11-17-30(18-12-26)39(29-8-3-2-4-9-29)31-19-13-27(14-20-31)36(41)34(38)23-24-42-32-21-15-28(37)16-22-32;1-2(3)4/h2-22,38H,23-24H2,1H3;1H3,(H,3,4). The summed E-state index contributed by atoms with van der Waals surface area (Å²) in [6.07, 6.45) is 0.373. The van der Waals surface area contributed by atoms with E-state index in [-0.39, 0.29) is 17.3 Å². The number of carboxylic acid groups (broad SMARTS) is 1. The van der Waals surface area contributed by atoms with Crippen LogP contribution in [0, 0.1) is 12.3 Å². The maximum atomic E-state index is 13.1. The van der Waals surface area contributed by atoms with Crippen LogP contribution in [-0.2, 0) is 4.79 Å². The molecule has 46 heavy (non-hydrogen) atoms. The Hall–Kier alpha value is -4.98. The predicted molar refractivity (Wildman–Crippen MR) is 188 cm³/mol. The van der Waals surface area contributed by atoms with Gasteiger partial charge in [0.05, 0.1) is 5.71 Å². The van der Waals surface area contributed by atoms with Crippen LogP contribution in [0.2, 0.25) is 5.02 Å². The average Bonchev–Trinajstić information content (AvgIpc) is 3.06. The number of benzene rings is 5. The number of hydrogen-bond donors (Lipinski definition) is 2. The minimum atomic E-state index is -0.833. The van der Waals surface area contributed by atoms with Crippen LogP contribution in [0.1, 0.15) is 45.2 Å². The Balaban J connectivity index is 0.00000113. The maximum Gasteiger partial charge on any atom is 0.300 e. The molecule has 232 valence electrons. The van der Waals surface area contributed by atoms with E-state index in [9.17, 15) is 9.59 Å². The van der Waals surface area contributed by atoms with Crippen molar-refractivity contribution in [1.82, 2.24) is 0 Å². The summed E-state index contributed by atoms with van der Waals surface area (Å²) < 4.78 is 0. The van der Waals surface area contributed by atoms with Crippen LogP contribution < -0.4 is 4.90 Å². The monoisotopic (exact) mass is 648 g/mol. The molecule has 0 amide bonds. The number of para-hydroxylation sites is 1. The first-order chi connectivity index (χ1) is 22.1. The van der Waals surface area contributed by atoms with E-state index in [1.54, 1.807) is 23.9 Å². The van der Waals surface area contributed by atoms with Crippen LogP contribution in [0.3, 0.4) is 0 Å². The Kier molecular flexibility index (Phi) is 12.1. The second-order valence-corrected chi connectivity index (χ2v) is 11.9. The molecule has 2 N–H and O–H groups in total. The van der Waals surface area contributed by atoms with Crippen molar-refractivity contribution < 1.29 is 19.5 Å². The molecule has 0 spiro atoms. The van der Waals surface area contributed by atoms with Crippen LogP contribution in [0.25, 0.3) is 0 Å². The fourth-order valence-electron chi connectivity index (χ4n) is 4.62. The van der Waals surface area contributed by atoms with E-state index in [2.05, 4.69) is 4.90 Å². The summed E-state index contributed by atoms with van der Waals surface area (Å²) in [7, 11) is 0. The molecule has 0 aliphatic heterocycles. The van der Waals surface area contributed by atoms with Gasteiger partial charge >= 0.3 is 0 Å². The van der Waals surface area contributed by atoms with Crippen molar-refractivity contribution in [2.45, 2.75) is 25.2 Å². The van der Waals surface area contributed by atoms with E-state index >= 15 is 0 Å². The molecule has 0 saturated carbocycles. The van der Waals surface area contributed by atoms with Gasteiger partial charge in [0, 0.05) is 62.8 Å². The summed E-state index contributed by atoms with van der Waals surface area (Å²) in [6.45, 7) is 3.02. The smallest absolute Gasteiger partial charge is 0.300 e. The summed E-state index contributed by atoms with van der Waals surface area (Å²) in [4.78, 5) is 38.3. The summed E-state index contributed by atoms with van der Waals surface area (Å²) in [5, 5.41) is 16.4. The zero-order chi connectivity index (χ0) is 33.1. The molecule has 5 aromatic rings. The van der Waals surface area contributed by atoms with E-state index in [0.29, 0.717) is 33.9 Å². The molecule has 0 aliphatic carbocycles. The largest absolute Gasteiger partial charge is 0.481 e. The number of ketones is 2. The van der Waals surface area contributed by atoms with E-state index in [1.165, 1.54) is 0 Å². The van der Waals surface area contributed by atoms with Crippen LogP contribution in [0.15, 0.2) is 132 Å². The van der Waals surface area contributed by atoms with Gasteiger partial charge in [0.1, 0.15) is 0 Å². The van der Waals surface area contributed by atoms with Crippen molar-refractivity contribution in [1.29, 1.82) is 5.41 Å². The first-order valence-corrected chi connectivity index (χ1v) is 15.9. The Morgan fingerprint density at radius 2 is 1.22 bits per heavy atom. The van der Waals surface area contributed by atoms with Gasteiger partial charge in [-0.05, 0) is 97.4 Å². The fraction of sp³-hybridized carbons (Fsp3) is 0.105. The van der Waals surface area contributed by atoms with E-state index in [1.807, 2.05) is 122 Å². The number of aliphatic carboxylic acids is 1. The molecule has 5 aromatic carbocycles. The molecule has 0 aromatic heterocycles. The highest BCUT2D eigenvalue weighted by Crippen LogP contribution is 2.35. The van der Waals surface area contributed by atoms with Gasteiger partial charge in [-0.2, -0.15) is 0 Å². The van der Waals surface area contributed by atoms with Gasteiger partial charge in [0.15, 0.2) is 5.78 Å². The van der Waals surface area contributed by atoms with E-state index in [4.69, 9.17) is 26.9 Å². The van der Waals surface area contributed by atoms with Gasteiger partial charge in [-0.15, -0.1) is 11.8 Å². The lowest BCUT2D eigenvalue weighted by Gasteiger charge is -2.25. The third-order valence-corrected chi connectivity index (χ3v) is 8.15. The number of halogens is 1. The van der Waals surface area contributed by atoms with Crippen LogP contribution in [0.4, 0.5) is 17.1 Å². The molecular weight excluding hydrogens is 616 g/mol. The number of carbonyl (C=O) groups is 3. The highest BCUT2D eigenvalue weighted by molar-refractivity contribution is 7.99. The quantitative estimate of drug-likeness (QED) is 0.0840. The minimum absolute atomic E-state index is 0.0113. The van der Waals surface area contributed by atoms with Crippen molar-refractivity contribution in [2.75, 3.05) is 10.7 Å². The first kappa shape index (κ1) is 33.9. The number of Topliss-reactive ketones (excluding diaryl/α,β-unsaturated/α-hetero) is 1. The summed E-state index contributed by atoms with van der Waals surface area (Å²) >= 11 is 7.54. The van der Waals surface area contributed by atoms with Crippen molar-refractivity contribution in [2.24, 2.45) is 0 Å². The van der Waals surface area contributed by atoms with Crippen LogP contribution >= 0.6 is 23.4 Å². The molecule has 0 bridgehead atoms. The van der Waals surface area contributed by atoms with Gasteiger partial charge in [-0.1, -0.05) is 54.1 Å². The Labute approximate surface area is 278 Å². The predicted octanol–water partition coefficient (Wildman–Crippen LogP) is 9.82. The van der Waals surface area contributed by atoms with Crippen molar-refractivity contribution in [3.05, 3.63) is 155 Å². The summed E-state index contributed by atoms with van der Waals surface area (Å²) in [6, 6.07) is 40.0. The second-order valence-electron chi connectivity index (χ2n) is 10.3. The third-order valence-electron chi connectivity index (χ3n) is 6.89. The number of carbonyl (C=O) groups excluding carboxylic acids is 2. The fourth-order valence-corrected chi connectivity index (χ4v) is 5.62. The Morgan fingerprint density at radius 3 is 1.78 bits per heavy atom. The molecule has 0 saturated heterocycles. The van der Waals surface area contributed by atoms with Gasteiger partial charge in [-0.3, -0.25) is 14.4 Å². The van der Waals surface area contributed by atoms with Gasteiger partial charge in [0.25, 0.3) is 5.97 Å². The highest BCUT2D eigenvalue weighted by Gasteiger charge is 2.17. The molecular formula is C38H33ClN2O4S. The van der Waals surface area contributed by atoms with Crippen molar-refractivity contribution in [3.8, 4) is 0 Å². The summed E-state index contributed by atoms with van der Waals surface area (Å²) in [5.41, 5.74) is 5.51. The topological polar surface area (TPSA) is 98.5 Å². The number of nitrogens with zero attached hydrogens (tertiary/aromatic N) is 1. The maximum absolute atomic E-state index is 13.1. The number of rotatable bonds is 11. The molecule has 0 radical (unpaired) electrons. The van der Waals surface area contributed by atoms with E-state index in [0.717, 1.165) is 34.4 Å². The van der Waals surface area contributed by atoms with Crippen LogP contribution in [-0.4, -0.2) is 34.1 Å². The lowest BCUT2D eigenvalue weighted by atomic mass is 9.99. The number of aryl methyl sites for hydroxylation is 1. The number of thioether (sulfide) groups is 1. The van der Waals surface area contributed by atoms with E-state index < -0.39 is 5.97 Å². The molecule has 8 heteroatoms. The normalized spacial score (nSPS) is 10.3. The number of nitrogens with one attached hydrogen (secondary N) is 1.